The number of rotatable bonds is 4. The molecule has 0 aromatic carbocycles. The molecule has 14 heavy (non-hydrogen) atoms. The molecule has 80 valence electrons. The van der Waals surface area contributed by atoms with Crippen LogP contribution in [0, 0.1) is 11.8 Å². The SMILES string of the molecule is CC(C)NC(=O)NC(C1CC1)C1CC1. The molecule has 0 aromatic heterocycles. The van der Waals surface area contributed by atoms with E-state index in [4.69, 9.17) is 0 Å². The molecule has 3 heteroatoms. The topological polar surface area (TPSA) is 41.1 Å². The van der Waals surface area contributed by atoms with Crippen LogP contribution in [0.2, 0.25) is 0 Å². The van der Waals surface area contributed by atoms with E-state index < -0.39 is 0 Å². The van der Waals surface area contributed by atoms with Crippen LogP contribution in [0.25, 0.3) is 0 Å². The Bertz CT molecular complexity index is 207. The highest BCUT2D eigenvalue weighted by molar-refractivity contribution is 5.74. The van der Waals surface area contributed by atoms with Crippen LogP contribution in [-0.2, 0) is 0 Å². The van der Waals surface area contributed by atoms with Gasteiger partial charge in [-0.05, 0) is 51.4 Å². The van der Waals surface area contributed by atoms with Crippen LogP contribution in [0.4, 0.5) is 4.79 Å². The van der Waals surface area contributed by atoms with E-state index in [1.807, 2.05) is 13.8 Å². The highest BCUT2D eigenvalue weighted by Crippen LogP contribution is 2.44. The summed E-state index contributed by atoms with van der Waals surface area (Å²) in [5, 5.41) is 6.01. The van der Waals surface area contributed by atoms with Crippen molar-refractivity contribution >= 4 is 6.03 Å². The molecule has 0 aromatic rings. The van der Waals surface area contributed by atoms with Gasteiger partial charge in [0.2, 0.25) is 0 Å². The highest BCUT2D eigenvalue weighted by Gasteiger charge is 2.42. The summed E-state index contributed by atoms with van der Waals surface area (Å²) in [6.45, 7) is 3.98. The number of hydrogen-bond donors (Lipinski definition) is 2. The van der Waals surface area contributed by atoms with Crippen molar-refractivity contribution in [1.82, 2.24) is 10.6 Å². The van der Waals surface area contributed by atoms with Crippen molar-refractivity contribution in [2.75, 3.05) is 0 Å². The van der Waals surface area contributed by atoms with Crippen molar-refractivity contribution in [2.24, 2.45) is 11.8 Å². The third-order valence-corrected chi connectivity index (χ3v) is 2.98. The van der Waals surface area contributed by atoms with Gasteiger partial charge in [0, 0.05) is 12.1 Å². The quantitative estimate of drug-likeness (QED) is 0.708. The molecule has 0 atom stereocenters. The number of carbonyl (C=O) groups excluding carboxylic acids is 1. The van der Waals surface area contributed by atoms with Gasteiger partial charge in [-0.25, -0.2) is 4.79 Å². The van der Waals surface area contributed by atoms with Crippen LogP contribution in [0.1, 0.15) is 39.5 Å². The zero-order valence-electron chi connectivity index (χ0n) is 9.05. The monoisotopic (exact) mass is 196 g/mol. The molecule has 0 saturated heterocycles. The maximum absolute atomic E-state index is 11.5. The van der Waals surface area contributed by atoms with Gasteiger partial charge in [-0.2, -0.15) is 0 Å². The van der Waals surface area contributed by atoms with Crippen molar-refractivity contribution in [3.63, 3.8) is 0 Å². The van der Waals surface area contributed by atoms with Gasteiger partial charge in [0.15, 0.2) is 0 Å². The first-order chi connectivity index (χ1) is 6.66. The van der Waals surface area contributed by atoms with Crippen molar-refractivity contribution in [2.45, 2.75) is 51.6 Å². The Labute approximate surface area is 85.6 Å². The first kappa shape index (κ1) is 9.81. The third-order valence-electron chi connectivity index (χ3n) is 2.98. The Hall–Kier alpha value is -0.730. The van der Waals surface area contributed by atoms with Crippen molar-refractivity contribution in [3.8, 4) is 0 Å². The van der Waals surface area contributed by atoms with Crippen molar-refractivity contribution < 1.29 is 4.79 Å². The average molecular weight is 196 g/mol. The Morgan fingerprint density at radius 3 is 1.93 bits per heavy atom. The molecule has 0 aliphatic heterocycles. The smallest absolute Gasteiger partial charge is 0.315 e. The Morgan fingerprint density at radius 2 is 1.57 bits per heavy atom. The molecule has 0 unspecified atom stereocenters. The highest BCUT2D eigenvalue weighted by atomic mass is 16.2. The lowest BCUT2D eigenvalue weighted by Crippen LogP contribution is -2.46. The molecule has 2 amide bonds. The van der Waals surface area contributed by atoms with Crippen LogP contribution < -0.4 is 10.6 Å². The number of hydrogen-bond acceptors (Lipinski definition) is 1. The maximum Gasteiger partial charge on any atom is 0.315 e. The molecule has 2 aliphatic rings. The lowest BCUT2D eigenvalue weighted by Gasteiger charge is -2.19. The predicted octanol–water partition coefficient (Wildman–Crippen LogP) is 1.88. The molecule has 0 heterocycles. The molecule has 2 aliphatic carbocycles. The minimum absolute atomic E-state index is 0.0174. The van der Waals surface area contributed by atoms with E-state index in [9.17, 15) is 4.79 Å². The summed E-state index contributed by atoms with van der Waals surface area (Å²) < 4.78 is 0. The van der Waals surface area contributed by atoms with Crippen molar-refractivity contribution in [3.05, 3.63) is 0 Å². The van der Waals surface area contributed by atoms with Gasteiger partial charge in [0.05, 0.1) is 0 Å². The fourth-order valence-corrected chi connectivity index (χ4v) is 1.99. The van der Waals surface area contributed by atoms with Gasteiger partial charge < -0.3 is 10.6 Å². The molecule has 2 saturated carbocycles. The fourth-order valence-electron chi connectivity index (χ4n) is 1.99. The largest absolute Gasteiger partial charge is 0.336 e. The Balaban J connectivity index is 1.78. The number of amides is 2. The number of carbonyl (C=O) groups is 1. The summed E-state index contributed by atoms with van der Waals surface area (Å²) in [7, 11) is 0. The van der Waals surface area contributed by atoms with Crippen LogP contribution >= 0.6 is 0 Å². The summed E-state index contributed by atoms with van der Waals surface area (Å²) in [6.07, 6.45) is 5.23. The second-order valence-corrected chi connectivity index (χ2v) is 4.97. The van der Waals surface area contributed by atoms with Gasteiger partial charge in [-0.3, -0.25) is 0 Å². The molecule has 3 nitrogen and oxygen atoms in total. The van der Waals surface area contributed by atoms with E-state index in [-0.39, 0.29) is 12.1 Å². The van der Waals surface area contributed by atoms with Crippen LogP contribution in [0.3, 0.4) is 0 Å². The normalized spacial score (nSPS) is 21.4. The molecule has 2 rings (SSSR count). The van der Waals surface area contributed by atoms with Gasteiger partial charge in [0.25, 0.3) is 0 Å². The molecule has 0 spiro atoms. The van der Waals surface area contributed by atoms with E-state index in [2.05, 4.69) is 10.6 Å². The van der Waals surface area contributed by atoms with Gasteiger partial charge >= 0.3 is 6.03 Å². The molecule has 0 bridgehead atoms. The number of urea groups is 1. The Kier molecular flexibility index (Phi) is 2.66. The summed E-state index contributed by atoms with van der Waals surface area (Å²) in [5.74, 6) is 1.56. The van der Waals surface area contributed by atoms with E-state index >= 15 is 0 Å². The van der Waals surface area contributed by atoms with Crippen molar-refractivity contribution in [1.29, 1.82) is 0 Å². The molecule has 2 N–H and O–H groups in total. The average Bonchev–Trinajstić information content (AvgIpc) is 2.94. The number of nitrogens with one attached hydrogen (secondary N) is 2. The molecular weight excluding hydrogens is 176 g/mol. The molecular formula is C11H20N2O. The summed E-state index contributed by atoms with van der Waals surface area (Å²) in [5.41, 5.74) is 0. The zero-order valence-corrected chi connectivity index (χ0v) is 9.05. The van der Waals surface area contributed by atoms with E-state index in [1.54, 1.807) is 0 Å². The zero-order chi connectivity index (χ0) is 10.1. The molecule has 0 radical (unpaired) electrons. The first-order valence-corrected chi connectivity index (χ1v) is 5.74. The third kappa shape index (κ3) is 2.63. The second kappa shape index (κ2) is 3.79. The predicted molar refractivity (Wildman–Crippen MR) is 56.0 cm³/mol. The van der Waals surface area contributed by atoms with E-state index in [0.29, 0.717) is 6.04 Å². The van der Waals surface area contributed by atoms with Crippen LogP contribution in [-0.4, -0.2) is 18.1 Å². The summed E-state index contributed by atoms with van der Waals surface area (Å²) in [4.78, 5) is 11.5. The van der Waals surface area contributed by atoms with Gasteiger partial charge in [-0.1, -0.05) is 0 Å². The van der Waals surface area contributed by atoms with Gasteiger partial charge in [0.1, 0.15) is 0 Å². The Morgan fingerprint density at radius 1 is 1.07 bits per heavy atom. The standard InChI is InChI=1S/C11H20N2O/c1-7(2)12-11(14)13-10(8-3-4-8)9-5-6-9/h7-10H,3-6H2,1-2H3,(H2,12,13,14). The second-order valence-electron chi connectivity index (χ2n) is 4.97. The maximum atomic E-state index is 11.5. The first-order valence-electron chi connectivity index (χ1n) is 5.74. The van der Waals surface area contributed by atoms with E-state index in [1.165, 1.54) is 25.7 Å². The minimum atomic E-state index is 0.0174. The van der Waals surface area contributed by atoms with Crippen LogP contribution in [0.15, 0.2) is 0 Å². The minimum Gasteiger partial charge on any atom is -0.336 e. The van der Waals surface area contributed by atoms with Gasteiger partial charge in [-0.15, -0.1) is 0 Å². The molecule has 2 fully saturated rings. The lowest BCUT2D eigenvalue weighted by molar-refractivity contribution is 0.231. The summed E-state index contributed by atoms with van der Waals surface area (Å²) >= 11 is 0. The van der Waals surface area contributed by atoms with E-state index in [0.717, 1.165) is 11.8 Å². The summed E-state index contributed by atoms with van der Waals surface area (Å²) in [6, 6.07) is 0.714. The van der Waals surface area contributed by atoms with Crippen LogP contribution in [0.5, 0.6) is 0 Å². The fraction of sp³-hybridized carbons (Fsp3) is 0.909. The lowest BCUT2D eigenvalue weighted by atomic mass is 10.1.